The average Bonchev–Trinajstić information content (AvgIpc) is 4.14. The minimum atomic E-state index is -0.277. The van der Waals surface area contributed by atoms with E-state index in [0.29, 0.717) is 0 Å². The van der Waals surface area contributed by atoms with E-state index in [1.807, 2.05) is 0 Å². The van der Waals surface area contributed by atoms with Gasteiger partial charge in [-0.25, -0.2) is 0 Å². The number of rotatable bonds is 1. The van der Waals surface area contributed by atoms with Crippen LogP contribution in [-0.4, -0.2) is 11.3 Å². The lowest BCUT2D eigenvalue weighted by Gasteiger charge is -2.33. The number of benzene rings is 9. The van der Waals surface area contributed by atoms with Crippen molar-refractivity contribution in [1.82, 2.24) is 4.57 Å². The third-order valence-electron chi connectivity index (χ3n) is 13.5. The van der Waals surface area contributed by atoms with Gasteiger partial charge in [-0.2, -0.15) is 0 Å². The highest BCUT2D eigenvalue weighted by molar-refractivity contribution is 8.01. The highest BCUT2D eigenvalue weighted by Crippen LogP contribution is 2.52. The van der Waals surface area contributed by atoms with Gasteiger partial charge in [-0.15, -0.1) is 0 Å². The lowest BCUT2D eigenvalue weighted by atomic mass is 9.36. The molecule has 0 fully saturated rings. The van der Waals surface area contributed by atoms with Crippen molar-refractivity contribution in [2.75, 3.05) is 0 Å². The van der Waals surface area contributed by atoms with Crippen molar-refractivity contribution in [3.05, 3.63) is 158 Å². The van der Waals surface area contributed by atoms with Crippen molar-refractivity contribution < 1.29 is 17.7 Å². The summed E-state index contributed by atoms with van der Waals surface area (Å²) in [6, 6.07) is 56.0. The van der Waals surface area contributed by atoms with Crippen molar-refractivity contribution in [2.24, 2.45) is 0 Å². The first-order chi connectivity index (χ1) is 30.8. The molecule has 0 N–H and O–H groups in total. The minimum Gasteiger partial charge on any atom is -0.457 e. The number of nitrogens with zero attached hydrogens (tertiary/aromatic N) is 1. The molecule has 0 saturated carbocycles. The Balaban J connectivity index is 1.13. The monoisotopic (exact) mass is 827 g/mol. The molecule has 5 aromatic heterocycles. The van der Waals surface area contributed by atoms with Gasteiger partial charge in [-0.3, -0.25) is 0 Å². The maximum absolute atomic E-state index is 7.17. The predicted molar refractivity (Wildman–Crippen MR) is 256 cm³/mol. The first-order valence-electron chi connectivity index (χ1n) is 20.9. The standard InChI is InChI=1S/C54H26BNO4S2/c1-7-19-34-28(13-1)29-14-2-8-20-35(29)56(34)27-25-40-46-41(26-27)62-54-48(50-43(31-16-4-10-22-37(31)58-50)45-33-18-6-12-24-39(33)60-52(45)54)55(46)47-49-42(30-15-3-9-21-36(30)57-49)44-32-17-5-11-23-38(32)59-51(44)53(47)61-40/h1-26H. The van der Waals surface area contributed by atoms with Crippen LogP contribution in [0.5, 0.6) is 0 Å². The molecule has 16 rings (SSSR count). The van der Waals surface area contributed by atoms with Crippen LogP contribution in [0.3, 0.4) is 0 Å². The van der Waals surface area contributed by atoms with Crippen LogP contribution in [0.2, 0.25) is 0 Å². The van der Waals surface area contributed by atoms with Crippen molar-refractivity contribution in [3.63, 3.8) is 0 Å². The normalized spacial score (nSPS) is 13.6. The Morgan fingerprint density at radius 3 is 1.11 bits per heavy atom. The van der Waals surface area contributed by atoms with E-state index in [9.17, 15) is 0 Å². The van der Waals surface area contributed by atoms with Gasteiger partial charge in [0.1, 0.15) is 44.7 Å². The molecule has 5 nitrogen and oxygen atoms in total. The van der Waals surface area contributed by atoms with E-state index in [0.717, 1.165) is 114 Å². The van der Waals surface area contributed by atoms with E-state index < -0.39 is 0 Å². The molecular weight excluding hydrogens is 802 g/mol. The highest BCUT2D eigenvalue weighted by atomic mass is 32.2. The van der Waals surface area contributed by atoms with Crippen molar-refractivity contribution in [1.29, 1.82) is 0 Å². The molecule has 0 aliphatic carbocycles. The lowest BCUT2D eigenvalue weighted by molar-refractivity contribution is 0.656. The fraction of sp³-hybridized carbons (Fsp3) is 0. The van der Waals surface area contributed by atoms with Gasteiger partial charge in [0.25, 0.3) is 6.71 Å². The Bertz CT molecular complexity index is 4100. The number of para-hydroxylation sites is 6. The average molecular weight is 828 g/mol. The van der Waals surface area contributed by atoms with Gasteiger partial charge in [0.2, 0.25) is 0 Å². The first-order valence-corrected chi connectivity index (χ1v) is 22.5. The predicted octanol–water partition coefficient (Wildman–Crippen LogP) is 13.8. The Labute approximate surface area is 359 Å². The van der Waals surface area contributed by atoms with E-state index in [-0.39, 0.29) is 6.71 Å². The Morgan fingerprint density at radius 2 is 0.694 bits per heavy atom. The van der Waals surface area contributed by atoms with Gasteiger partial charge >= 0.3 is 0 Å². The molecule has 7 heterocycles. The zero-order valence-corrected chi connectivity index (χ0v) is 34.1. The van der Waals surface area contributed by atoms with E-state index in [2.05, 4.69) is 162 Å². The van der Waals surface area contributed by atoms with Crippen LogP contribution in [0.4, 0.5) is 0 Å². The molecule has 286 valence electrons. The maximum atomic E-state index is 7.17. The number of hydrogen-bond donors (Lipinski definition) is 0. The summed E-state index contributed by atoms with van der Waals surface area (Å²) in [6.07, 6.45) is 0. The van der Waals surface area contributed by atoms with Crippen LogP contribution in [0.25, 0.3) is 115 Å². The third kappa shape index (κ3) is 3.88. The van der Waals surface area contributed by atoms with Crippen LogP contribution in [0.1, 0.15) is 0 Å². The molecule has 2 aliphatic rings. The van der Waals surface area contributed by atoms with E-state index in [1.165, 1.54) is 37.1 Å². The van der Waals surface area contributed by atoms with E-state index >= 15 is 0 Å². The molecule has 0 unspecified atom stereocenters. The Hall–Kier alpha value is -7.26. The molecule has 0 radical (unpaired) electrons. The number of furan rings is 4. The summed E-state index contributed by atoms with van der Waals surface area (Å²) in [6.45, 7) is -0.277. The van der Waals surface area contributed by atoms with E-state index in [4.69, 9.17) is 17.7 Å². The lowest BCUT2D eigenvalue weighted by Crippen LogP contribution is -2.58. The molecule has 0 spiro atoms. The zero-order valence-electron chi connectivity index (χ0n) is 32.5. The van der Waals surface area contributed by atoms with Gasteiger partial charge in [0.05, 0.1) is 20.8 Å². The summed E-state index contributed by atoms with van der Waals surface area (Å²) in [5.41, 5.74) is 13.9. The van der Waals surface area contributed by atoms with Gasteiger partial charge in [0, 0.05) is 69.3 Å². The third-order valence-corrected chi connectivity index (χ3v) is 15.8. The zero-order chi connectivity index (χ0) is 39.9. The molecule has 0 amide bonds. The Morgan fingerprint density at radius 1 is 0.355 bits per heavy atom. The van der Waals surface area contributed by atoms with Gasteiger partial charge in [0.15, 0.2) is 0 Å². The summed E-state index contributed by atoms with van der Waals surface area (Å²) >= 11 is 3.60. The molecule has 0 atom stereocenters. The van der Waals surface area contributed by atoms with Crippen molar-refractivity contribution in [3.8, 4) is 5.69 Å². The number of hydrogen-bond acceptors (Lipinski definition) is 6. The maximum Gasteiger partial charge on any atom is 0.257 e. The molecule has 0 bridgehead atoms. The molecule has 8 heteroatoms. The van der Waals surface area contributed by atoms with Crippen molar-refractivity contribution >= 4 is 156 Å². The topological polar surface area (TPSA) is 57.5 Å². The summed E-state index contributed by atoms with van der Waals surface area (Å²) < 4.78 is 30.9. The molecular formula is C54H26BNO4S2. The number of aromatic nitrogens is 1. The van der Waals surface area contributed by atoms with Gasteiger partial charge in [-0.1, -0.05) is 133 Å². The second kappa shape index (κ2) is 11.4. The largest absolute Gasteiger partial charge is 0.457 e. The minimum absolute atomic E-state index is 0.277. The fourth-order valence-electron chi connectivity index (χ4n) is 11.1. The highest BCUT2D eigenvalue weighted by Gasteiger charge is 2.46. The fourth-order valence-corrected chi connectivity index (χ4v) is 13.7. The summed E-state index contributed by atoms with van der Waals surface area (Å²) in [7, 11) is 0. The van der Waals surface area contributed by atoms with E-state index in [1.54, 1.807) is 23.5 Å². The summed E-state index contributed by atoms with van der Waals surface area (Å²) in [4.78, 5) is 4.50. The molecule has 0 saturated heterocycles. The SMILES string of the molecule is c1ccc2c(c1)oc1c3c(c4oc5ccccc5c4c12)B1c2c(cc(-n4c5ccccc5c5ccccc54)cc2Sc2c1c1oc4ccccc4c1c1c2oc2ccccc21)S3. The smallest absolute Gasteiger partial charge is 0.257 e. The second-order valence-corrected chi connectivity index (χ2v) is 18.7. The quantitative estimate of drug-likeness (QED) is 0.154. The summed E-state index contributed by atoms with van der Waals surface area (Å²) in [5.74, 6) is 0. The summed E-state index contributed by atoms with van der Waals surface area (Å²) in [5, 5.41) is 11.1. The molecule has 14 aromatic rings. The van der Waals surface area contributed by atoms with Crippen LogP contribution in [0.15, 0.2) is 195 Å². The Kier molecular flexibility index (Phi) is 5.95. The first kappa shape index (κ1) is 32.5. The molecule has 9 aromatic carbocycles. The van der Waals surface area contributed by atoms with Gasteiger partial charge < -0.3 is 22.2 Å². The van der Waals surface area contributed by atoms with Crippen LogP contribution >= 0.6 is 23.5 Å². The van der Waals surface area contributed by atoms with Gasteiger partial charge in [-0.05, 0) is 64.9 Å². The molecule has 62 heavy (non-hydrogen) atoms. The van der Waals surface area contributed by atoms with Crippen LogP contribution in [-0.2, 0) is 0 Å². The second-order valence-electron chi connectivity index (χ2n) is 16.6. The van der Waals surface area contributed by atoms with Crippen LogP contribution < -0.4 is 16.4 Å². The molecule has 2 aliphatic heterocycles. The van der Waals surface area contributed by atoms with Crippen molar-refractivity contribution in [2.45, 2.75) is 19.6 Å². The number of fused-ring (bicyclic) bond motifs is 25. The van der Waals surface area contributed by atoms with Crippen LogP contribution in [0, 0.1) is 0 Å².